The number of rotatable bonds is 5. The van der Waals surface area contributed by atoms with Crippen molar-refractivity contribution < 1.29 is 19.0 Å². The minimum absolute atomic E-state index is 0.140. The number of aromatic nitrogens is 5. The third kappa shape index (κ3) is 5.64. The number of hydrogen-bond acceptors (Lipinski definition) is 8. The molecule has 4 heterocycles. The molecule has 1 aliphatic heterocycles. The average molecular weight is 564 g/mol. The van der Waals surface area contributed by atoms with E-state index in [2.05, 4.69) is 20.3 Å². The van der Waals surface area contributed by atoms with Crippen LogP contribution in [-0.2, 0) is 29.8 Å². The number of ether oxygens (including phenoxy) is 1. The first-order valence-electron chi connectivity index (χ1n) is 13.5. The Bertz CT molecular complexity index is 1700. The lowest BCUT2D eigenvalue weighted by atomic mass is 9.99. The molecule has 0 saturated heterocycles. The lowest BCUT2D eigenvalue weighted by molar-refractivity contribution is 0.0224. The van der Waals surface area contributed by atoms with Gasteiger partial charge in [0.05, 0.1) is 0 Å². The Kier molecular flexibility index (Phi) is 7.06. The first-order valence-corrected chi connectivity index (χ1v) is 13.5. The van der Waals surface area contributed by atoms with Gasteiger partial charge in [0.15, 0.2) is 11.5 Å². The predicted octanol–water partition coefficient (Wildman–Crippen LogP) is 4.40. The van der Waals surface area contributed by atoms with Crippen LogP contribution in [-0.4, -0.2) is 52.6 Å². The molecule has 0 fully saturated rings. The van der Waals surface area contributed by atoms with Crippen molar-refractivity contribution in [1.82, 2.24) is 29.2 Å². The van der Waals surface area contributed by atoms with Crippen LogP contribution in [0.3, 0.4) is 0 Å². The van der Waals surface area contributed by atoms with Gasteiger partial charge in [-0.2, -0.15) is 4.98 Å². The summed E-state index contributed by atoms with van der Waals surface area (Å²) in [5.74, 6) is -0.150. The van der Waals surface area contributed by atoms with Crippen molar-refractivity contribution in [3.05, 3.63) is 69.5 Å². The molecule has 41 heavy (non-hydrogen) atoms. The quantitative estimate of drug-likeness (QED) is 0.366. The number of carbonyl (C=O) groups is 1. The minimum atomic E-state index is -1.53. The van der Waals surface area contributed by atoms with Crippen LogP contribution in [0.25, 0.3) is 16.9 Å². The SMILES string of the molecule is CCn1c(=O)c2cnc(Nc3ccc4c(c3)CCN(C(=O)OC(C)(C)C)C4)nc2n1-c1ccc(F)c(C(C)(C)O)n1. The third-order valence-corrected chi connectivity index (χ3v) is 6.73. The van der Waals surface area contributed by atoms with Crippen LogP contribution in [0.1, 0.15) is 58.4 Å². The number of amides is 1. The molecule has 1 amide bonds. The van der Waals surface area contributed by atoms with Crippen molar-refractivity contribution in [3.63, 3.8) is 0 Å². The molecule has 0 bridgehead atoms. The number of anilines is 2. The maximum absolute atomic E-state index is 14.5. The molecule has 216 valence electrons. The lowest BCUT2D eigenvalue weighted by Gasteiger charge is -2.31. The van der Waals surface area contributed by atoms with Crippen LogP contribution in [0.2, 0.25) is 0 Å². The zero-order valence-electron chi connectivity index (χ0n) is 24.0. The second-order valence-corrected chi connectivity index (χ2v) is 11.6. The molecule has 5 rings (SSSR count). The summed E-state index contributed by atoms with van der Waals surface area (Å²) in [6, 6.07) is 8.48. The highest BCUT2D eigenvalue weighted by atomic mass is 19.1. The number of nitrogens with one attached hydrogen (secondary N) is 1. The molecule has 2 N–H and O–H groups in total. The van der Waals surface area contributed by atoms with Gasteiger partial charge in [-0.25, -0.2) is 28.5 Å². The summed E-state index contributed by atoms with van der Waals surface area (Å²) >= 11 is 0. The summed E-state index contributed by atoms with van der Waals surface area (Å²) in [5, 5.41) is 13.9. The van der Waals surface area contributed by atoms with Crippen LogP contribution in [0.4, 0.5) is 20.8 Å². The Hall–Kier alpha value is -4.32. The molecule has 0 unspecified atom stereocenters. The Morgan fingerprint density at radius 3 is 2.56 bits per heavy atom. The van der Waals surface area contributed by atoms with Crippen LogP contribution < -0.4 is 10.9 Å². The Balaban J connectivity index is 1.46. The topological polar surface area (TPSA) is 127 Å². The van der Waals surface area contributed by atoms with E-state index in [4.69, 9.17) is 4.74 Å². The van der Waals surface area contributed by atoms with Crippen molar-refractivity contribution >= 4 is 28.8 Å². The summed E-state index contributed by atoms with van der Waals surface area (Å²) in [5.41, 5.74) is 0.635. The molecule has 0 saturated carbocycles. The second-order valence-electron chi connectivity index (χ2n) is 11.6. The molecule has 11 nitrogen and oxygen atoms in total. The van der Waals surface area contributed by atoms with E-state index in [1.165, 1.54) is 41.5 Å². The number of benzene rings is 1. The number of aliphatic hydroxyl groups is 1. The number of carbonyl (C=O) groups excluding carboxylic acids is 1. The summed E-state index contributed by atoms with van der Waals surface area (Å²) in [7, 11) is 0. The fraction of sp³-hybridized carbons (Fsp3) is 0.414. The summed E-state index contributed by atoms with van der Waals surface area (Å²) < 4.78 is 22.9. The second kappa shape index (κ2) is 10.3. The number of nitrogens with zero attached hydrogens (tertiary/aromatic N) is 6. The first kappa shape index (κ1) is 28.2. The Labute approximate surface area is 236 Å². The van der Waals surface area contributed by atoms with Gasteiger partial charge in [0.1, 0.15) is 28.1 Å². The fourth-order valence-corrected chi connectivity index (χ4v) is 4.83. The van der Waals surface area contributed by atoms with Crippen molar-refractivity contribution in [2.24, 2.45) is 0 Å². The predicted molar refractivity (Wildman–Crippen MR) is 152 cm³/mol. The van der Waals surface area contributed by atoms with E-state index in [-0.39, 0.29) is 34.5 Å². The summed E-state index contributed by atoms with van der Waals surface area (Å²) in [6.45, 7) is 11.5. The monoisotopic (exact) mass is 563 g/mol. The van der Waals surface area contributed by atoms with E-state index in [1.807, 2.05) is 39.0 Å². The van der Waals surface area contributed by atoms with Gasteiger partial charge in [-0.1, -0.05) is 6.07 Å². The molecule has 12 heteroatoms. The maximum Gasteiger partial charge on any atom is 0.410 e. The maximum atomic E-state index is 14.5. The van der Waals surface area contributed by atoms with E-state index < -0.39 is 17.0 Å². The fourth-order valence-electron chi connectivity index (χ4n) is 4.83. The molecule has 0 radical (unpaired) electrons. The zero-order chi connectivity index (χ0) is 29.7. The van der Waals surface area contributed by atoms with E-state index >= 15 is 0 Å². The Morgan fingerprint density at radius 1 is 1.12 bits per heavy atom. The number of hydrogen-bond donors (Lipinski definition) is 2. The smallest absolute Gasteiger partial charge is 0.410 e. The van der Waals surface area contributed by atoms with Crippen LogP contribution in [0.15, 0.2) is 41.3 Å². The lowest BCUT2D eigenvalue weighted by Crippen LogP contribution is -2.39. The molecule has 0 atom stereocenters. The van der Waals surface area contributed by atoms with Gasteiger partial charge in [-0.15, -0.1) is 0 Å². The number of halogens is 1. The number of fused-ring (bicyclic) bond motifs is 2. The summed E-state index contributed by atoms with van der Waals surface area (Å²) in [6.07, 6.45) is 1.79. The molecule has 1 aliphatic rings. The van der Waals surface area contributed by atoms with E-state index in [1.54, 1.807) is 11.8 Å². The summed E-state index contributed by atoms with van der Waals surface area (Å²) in [4.78, 5) is 40.7. The highest BCUT2D eigenvalue weighted by Gasteiger charge is 2.27. The molecule has 3 aromatic heterocycles. The largest absolute Gasteiger partial charge is 0.444 e. The van der Waals surface area contributed by atoms with Gasteiger partial charge in [-0.3, -0.25) is 4.79 Å². The van der Waals surface area contributed by atoms with Gasteiger partial charge < -0.3 is 20.1 Å². The minimum Gasteiger partial charge on any atom is -0.444 e. The average Bonchev–Trinajstić information content (AvgIpc) is 3.17. The molecular formula is C29H34FN7O4. The van der Waals surface area contributed by atoms with E-state index in [0.717, 1.165) is 16.8 Å². The van der Waals surface area contributed by atoms with Crippen LogP contribution >= 0.6 is 0 Å². The first-order chi connectivity index (χ1) is 19.2. The van der Waals surface area contributed by atoms with Crippen molar-refractivity contribution in [1.29, 1.82) is 0 Å². The van der Waals surface area contributed by atoms with Gasteiger partial charge in [0, 0.05) is 31.5 Å². The van der Waals surface area contributed by atoms with Gasteiger partial charge >= 0.3 is 6.09 Å². The molecule has 0 aliphatic carbocycles. The standard InChI is InChI=1S/C29H34FN7O4/c1-7-36-25(38)20-15-31-26(34-24(20)37(36)22-11-10-21(30)23(33-22)29(5,6)40)32-19-9-8-18-16-35(13-12-17(18)14-19)27(39)41-28(2,3)4/h8-11,14-15,40H,7,12-13,16H2,1-6H3,(H,31,32,34). The van der Waals surface area contributed by atoms with E-state index in [9.17, 15) is 19.1 Å². The molecule has 1 aromatic carbocycles. The van der Waals surface area contributed by atoms with Crippen molar-refractivity contribution in [3.8, 4) is 5.82 Å². The third-order valence-electron chi connectivity index (χ3n) is 6.73. The molecule has 4 aromatic rings. The Morgan fingerprint density at radius 2 is 1.88 bits per heavy atom. The van der Waals surface area contributed by atoms with Crippen molar-refractivity contribution in [2.75, 3.05) is 11.9 Å². The van der Waals surface area contributed by atoms with Gasteiger partial charge in [-0.05, 0) is 83.4 Å². The normalized spacial score (nSPS) is 13.8. The van der Waals surface area contributed by atoms with Gasteiger partial charge in [0.2, 0.25) is 5.95 Å². The van der Waals surface area contributed by atoms with Crippen LogP contribution in [0.5, 0.6) is 0 Å². The highest BCUT2D eigenvalue weighted by Crippen LogP contribution is 2.27. The molecule has 0 spiro atoms. The molecular weight excluding hydrogens is 529 g/mol. The van der Waals surface area contributed by atoms with Crippen LogP contribution in [0, 0.1) is 5.82 Å². The number of pyridine rings is 1. The van der Waals surface area contributed by atoms with Crippen molar-refractivity contribution in [2.45, 2.75) is 72.3 Å². The van der Waals surface area contributed by atoms with Gasteiger partial charge in [0.25, 0.3) is 5.56 Å². The highest BCUT2D eigenvalue weighted by molar-refractivity contribution is 5.77. The zero-order valence-corrected chi connectivity index (χ0v) is 24.0. The van der Waals surface area contributed by atoms with E-state index in [0.29, 0.717) is 31.7 Å².